The third kappa shape index (κ3) is 26.0. The van der Waals surface area contributed by atoms with Crippen LogP contribution in [0.3, 0.4) is 0 Å². The molecule has 6 amide bonds. The van der Waals surface area contributed by atoms with Gasteiger partial charge in [0.05, 0.1) is 28.2 Å². The summed E-state index contributed by atoms with van der Waals surface area (Å²) in [5.41, 5.74) is 11.1. The fourth-order valence-electron chi connectivity index (χ4n) is 17.9. The normalized spacial score (nSPS) is 20.7. The van der Waals surface area contributed by atoms with Crippen LogP contribution in [0.5, 0.6) is 0 Å². The van der Waals surface area contributed by atoms with E-state index in [9.17, 15) is 28.8 Å². The van der Waals surface area contributed by atoms with Gasteiger partial charge in [0.25, 0.3) is 17.7 Å². The van der Waals surface area contributed by atoms with Crippen molar-refractivity contribution in [2.45, 2.75) is 210 Å². The van der Waals surface area contributed by atoms with E-state index in [-0.39, 0.29) is 88.7 Å². The molecule has 0 bridgehead atoms. The van der Waals surface area contributed by atoms with Crippen LogP contribution in [0.25, 0.3) is 21.5 Å². The molecule has 0 aliphatic carbocycles. The quantitative estimate of drug-likeness (QED) is 0.0233. The molecule has 22 heteroatoms. The van der Waals surface area contributed by atoms with Gasteiger partial charge in [-0.2, -0.15) is 0 Å². The largest absolute Gasteiger partial charge is 0.350 e. The summed E-state index contributed by atoms with van der Waals surface area (Å²) in [5, 5.41) is 26.2. The van der Waals surface area contributed by atoms with Crippen molar-refractivity contribution < 1.29 is 28.8 Å². The second kappa shape index (κ2) is 44.7. The Labute approximate surface area is 726 Å². The molecule has 5 aliphatic rings. The van der Waals surface area contributed by atoms with Crippen LogP contribution in [-0.2, 0) is 14.4 Å². The lowest BCUT2D eigenvalue weighted by molar-refractivity contribution is -0.134. The van der Waals surface area contributed by atoms with Gasteiger partial charge >= 0.3 is 0 Å². The van der Waals surface area contributed by atoms with Crippen LogP contribution < -0.4 is 37.6 Å². The summed E-state index contributed by atoms with van der Waals surface area (Å²) in [4.78, 5) is 91.9. The van der Waals surface area contributed by atoms with Crippen LogP contribution in [0.1, 0.15) is 210 Å². The summed E-state index contributed by atoms with van der Waals surface area (Å²) in [6, 6.07) is 57.9. The monoisotopic (exact) mass is 1690 g/mol. The van der Waals surface area contributed by atoms with Gasteiger partial charge in [0.2, 0.25) is 17.7 Å². The van der Waals surface area contributed by atoms with Crippen molar-refractivity contribution in [3.8, 4) is 0 Å². The van der Waals surface area contributed by atoms with Gasteiger partial charge in [-0.05, 0) is 249 Å². The Morgan fingerprint density at radius 3 is 1.07 bits per heavy atom. The number of hydrogen-bond donors (Lipinski definition) is 7. The average molecular weight is 1700 g/mol. The predicted octanol–water partition coefficient (Wildman–Crippen LogP) is 17.1. The van der Waals surface area contributed by atoms with Crippen molar-refractivity contribution in [1.82, 2.24) is 56.4 Å². The third-order valence-corrected chi connectivity index (χ3v) is 26.3. The highest BCUT2D eigenvalue weighted by Crippen LogP contribution is 2.33. The molecule has 0 spiro atoms. The van der Waals surface area contributed by atoms with Gasteiger partial charge in [0.1, 0.15) is 0 Å². The van der Waals surface area contributed by atoms with E-state index in [0.717, 1.165) is 99.1 Å². The minimum Gasteiger partial charge on any atom is -0.350 e. The minimum absolute atomic E-state index is 0.00359. The predicted molar refractivity (Wildman–Crippen MR) is 487 cm³/mol. The number of fused-ring (bicyclic) bond motifs is 2. The van der Waals surface area contributed by atoms with Crippen LogP contribution in [0.2, 0.25) is 20.1 Å². The Morgan fingerprint density at radius 2 is 0.723 bits per heavy atom. The van der Waals surface area contributed by atoms with Gasteiger partial charge in [-0.3, -0.25) is 38.6 Å². The Morgan fingerprint density at radius 1 is 0.403 bits per heavy atom. The number of piperidine rings is 2. The maximum absolute atomic E-state index is 14.2. The van der Waals surface area contributed by atoms with Gasteiger partial charge in [-0.1, -0.05) is 195 Å². The lowest BCUT2D eigenvalue weighted by Crippen LogP contribution is -2.56. The fraction of sp³-hybridized carbons (Fsp3) is 0.485. The van der Waals surface area contributed by atoms with Gasteiger partial charge in [-0.25, -0.2) is 0 Å². The molecule has 13 rings (SSSR count). The van der Waals surface area contributed by atoms with E-state index in [0.29, 0.717) is 120 Å². The van der Waals surface area contributed by atoms with Gasteiger partial charge < -0.3 is 52.3 Å². The number of hydrogen-bond acceptors (Lipinski definition) is 12. The van der Waals surface area contributed by atoms with E-state index >= 15 is 0 Å². The number of carbonyl (C=O) groups is 6. The number of nitrogens with one attached hydrogen (secondary N) is 6. The van der Waals surface area contributed by atoms with Crippen LogP contribution in [0.15, 0.2) is 182 Å². The SMILES string of the molecule is CC[C@H](CN1CC[C@@H](CNC(=O)c2ccc(Cl)c(Cl)c2)N[C@@H](CCN)C1=O)c1ccccc1.CC[C@H](CN1CC[C@@H](CNC(=O)c2ccc3cc(Cl)ccc3c2)N[C@@H](CC(C)(C)N2CCCCC2)C1=O)c1ccccc1.CC[C@H](CN1CC[C@H](CNC(=O)c2ccc3cc(Cl)ccc3c2)N[C@H](CC(C)(C)N2CCCCC2)C1=O)c1ccccc1. The van der Waals surface area contributed by atoms with Crippen molar-refractivity contribution in [1.29, 1.82) is 0 Å². The topological polar surface area (TPSA) is 217 Å². The van der Waals surface area contributed by atoms with Crippen molar-refractivity contribution >= 4 is 103 Å². The van der Waals surface area contributed by atoms with Gasteiger partial charge in [0, 0.05) is 133 Å². The minimum atomic E-state index is -0.363. The van der Waals surface area contributed by atoms with E-state index in [4.69, 9.17) is 52.1 Å². The zero-order chi connectivity index (χ0) is 84.6. The molecular formula is C97H126Cl4N12O6. The van der Waals surface area contributed by atoms with Crippen LogP contribution >= 0.6 is 46.4 Å². The number of carbonyl (C=O) groups excluding carboxylic acids is 6. The van der Waals surface area contributed by atoms with Crippen molar-refractivity contribution in [2.24, 2.45) is 5.73 Å². The highest BCUT2D eigenvalue weighted by atomic mass is 35.5. The van der Waals surface area contributed by atoms with Gasteiger partial charge in [-0.15, -0.1) is 0 Å². The summed E-state index contributed by atoms with van der Waals surface area (Å²) < 4.78 is 0. The number of amides is 6. The number of halogens is 4. The molecule has 0 radical (unpaired) electrons. The second-order valence-electron chi connectivity index (χ2n) is 34.4. The molecule has 638 valence electrons. The summed E-state index contributed by atoms with van der Waals surface area (Å²) >= 11 is 24.2. The zero-order valence-electron chi connectivity index (χ0n) is 70.8. The number of nitrogens with zero attached hydrogens (tertiary/aromatic N) is 5. The molecule has 8 aromatic rings. The first-order valence-corrected chi connectivity index (χ1v) is 45.1. The number of rotatable bonds is 29. The molecule has 0 unspecified atom stereocenters. The smallest absolute Gasteiger partial charge is 0.251 e. The molecule has 0 aromatic heterocycles. The van der Waals surface area contributed by atoms with Crippen molar-refractivity contribution in [3.05, 3.63) is 235 Å². The number of benzene rings is 8. The molecule has 5 aliphatic heterocycles. The molecule has 5 saturated heterocycles. The van der Waals surface area contributed by atoms with Gasteiger partial charge in [0.15, 0.2) is 0 Å². The summed E-state index contributed by atoms with van der Waals surface area (Å²) in [7, 11) is 0. The van der Waals surface area contributed by atoms with Crippen LogP contribution in [0, 0.1) is 0 Å². The Balaban J connectivity index is 0.000000177. The summed E-state index contributed by atoms with van der Waals surface area (Å²) in [5.74, 6) is 0.863. The van der Waals surface area contributed by atoms with E-state index in [2.05, 4.69) is 161 Å². The summed E-state index contributed by atoms with van der Waals surface area (Å²) in [6.45, 7) is 25.8. The highest BCUT2D eigenvalue weighted by molar-refractivity contribution is 6.42. The average Bonchev–Trinajstić information content (AvgIpc) is 1.80. The zero-order valence-corrected chi connectivity index (χ0v) is 73.8. The maximum atomic E-state index is 14.2. The molecule has 119 heavy (non-hydrogen) atoms. The molecule has 5 heterocycles. The lowest BCUT2D eigenvalue weighted by Gasteiger charge is -2.43. The first-order chi connectivity index (χ1) is 57.4. The lowest BCUT2D eigenvalue weighted by atomic mass is 9.90. The number of nitrogens with two attached hydrogens (primary N) is 1. The Bertz CT molecular complexity index is 4410. The Kier molecular flexibility index (Phi) is 34.5. The van der Waals surface area contributed by atoms with E-state index in [1.54, 1.807) is 18.2 Å². The fourth-order valence-corrected chi connectivity index (χ4v) is 18.5. The molecule has 18 nitrogen and oxygen atoms in total. The Hall–Kier alpha value is -7.98. The van der Waals surface area contributed by atoms with Crippen LogP contribution in [0.4, 0.5) is 0 Å². The molecule has 0 saturated carbocycles. The van der Waals surface area contributed by atoms with E-state index < -0.39 is 0 Å². The van der Waals surface area contributed by atoms with Crippen LogP contribution in [-0.4, -0.2) is 199 Å². The first kappa shape index (κ1) is 91.8. The van der Waals surface area contributed by atoms with Crippen molar-refractivity contribution in [3.63, 3.8) is 0 Å². The standard InChI is InChI=1S/2C36H47ClN4O2.C25H32Cl2N4O2/c2*1-4-26(27-11-7-5-8-12-27)25-40-20-17-32(39-33(35(40)43)23-36(2,3)41-18-9-6-10-19-41)24-38-34(42)30-14-13-29-22-31(37)16-15-28(29)21-30;1-2-17(18-6-4-3-5-7-18)16-31-13-11-20(30-23(10-12-28)25(31)33)15-29-24(32)19-8-9-21(26)22(27)14-19/h2*5,7-8,11-16,21-22,26,32-33,39H,4,6,9-10,17-20,23-25H2,1-3H3,(H,38,42);3-9,14,17,20,23,30H,2,10-13,15-16,28H2,1H3,(H,29,32)/t26-,32+,33+;26-,32-,33-;17-,20+,23+/m111/s1. The highest BCUT2D eigenvalue weighted by Gasteiger charge is 2.41. The van der Waals surface area contributed by atoms with E-state index in [1.807, 2.05) is 108 Å². The summed E-state index contributed by atoms with van der Waals surface area (Å²) in [6.07, 6.45) is 14.7. The first-order valence-electron chi connectivity index (χ1n) is 43.6. The molecule has 9 atom stereocenters. The number of likely N-dealkylation sites (tertiary alicyclic amines) is 2. The molecule has 8 aromatic carbocycles. The van der Waals surface area contributed by atoms with E-state index in [1.165, 1.54) is 55.2 Å². The molecule has 5 fully saturated rings. The third-order valence-electron chi connectivity index (χ3n) is 25.1. The maximum Gasteiger partial charge on any atom is 0.251 e. The second-order valence-corrected chi connectivity index (χ2v) is 36.1. The molecule has 8 N–H and O–H groups in total. The molecular weight excluding hydrogens is 1570 g/mol. The van der Waals surface area contributed by atoms with Crippen molar-refractivity contribution in [2.75, 3.05) is 91.6 Å².